The van der Waals surface area contributed by atoms with Gasteiger partial charge >= 0.3 is 0 Å². The Bertz CT molecular complexity index is 433. The topological polar surface area (TPSA) is 44.4 Å². The Hall–Kier alpha value is -1.55. The second kappa shape index (κ2) is 6.57. The van der Waals surface area contributed by atoms with E-state index in [9.17, 15) is 4.79 Å². The first-order chi connectivity index (χ1) is 9.17. The third-order valence-corrected chi connectivity index (χ3v) is 3.46. The largest absolute Gasteiger partial charge is 0.381 e. The number of hydrogen-bond acceptors (Lipinski definition) is 3. The predicted octanol–water partition coefficient (Wildman–Crippen LogP) is 2.54. The van der Waals surface area contributed by atoms with E-state index in [2.05, 4.69) is 28.6 Å². The van der Waals surface area contributed by atoms with Crippen LogP contribution in [0.25, 0.3) is 0 Å². The van der Waals surface area contributed by atoms with E-state index < -0.39 is 0 Å². The number of benzene rings is 1. The van der Waals surface area contributed by atoms with Crippen molar-refractivity contribution in [2.24, 2.45) is 0 Å². The fourth-order valence-electron chi connectivity index (χ4n) is 2.46. The average molecular weight is 261 g/mol. The summed E-state index contributed by atoms with van der Waals surface area (Å²) >= 11 is 0. The molecule has 1 aliphatic rings. The molecule has 0 aromatic heterocycles. The van der Waals surface area contributed by atoms with Gasteiger partial charge in [-0.3, -0.25) is 4.79 Å². The lowest BCUT2D eigenvalue weighted by Crippen LogP contribution is -2.39. The molecule has 19 heavy (non-hydrogen) atoms. The quantitative estimate of drug-likeness (QED) is 0.875. The first-order valence-electron chi connectivity index (χ1n) is 7.02. The number of likely N-dealkylation sites (N-methyl/N-ethyl adjacent to an activating group) is 1. The highest BCUT2D eigenvalue weighted by atomic mass is 16.1. The van der Waals surface area contributed by atoms with Gasteiger partial charge in [0, 0.05) is 30.4 Å². The minimum atomic E-state index is 0.0505. The number of nitrogens with one attached hydrogen (secondary N) is 2. The normalized spacial score (nSPS) is 20.0. The SMILES string of the molecule is CCC(=O)Nc1cccc(NC2CCCN(C)C2)c1. The van der Waals surface area contributed by atoms with Gasteiger partial charge in [0.25, 0.3) is 0 Å². The zero-order valence-corrected chi connectivity index (χ0v) is 11.8. The molecule has 0 spiro atoms. The molecule has 4 heteroatoms. The van der Waals surface area contributed by atoms with Crippen LogP contribution in [0.5, 0.6) is 0 Å². The maximum absolute atomic E-state index is 11.4. The molecular weight excluding hydrogens is 238 g/mol. The van der Waals surface area contributed by atoms with Crippen molar-refractivity contribution in [3.63, 3.8) is 0 Å². The number of likely N-dealkylation sites (tertiary alicyclic amines) is 1. The molecule has 2 rings (SSSR count). The lowest BCUT2D eigenvalue weighted by atomic mass is 10.1. The lowest BCUT2D eigenvalue weighted by molar-refractivity contribution is -0.115. The van der Waals surface area contributed by atoms with Gasteiger partial charge in [-0.1, -0.05) is 13.0 Å². The maximum Gasteiger partial charge on any atom is 0.224 e. The number of nitrogens with zero attached hydrogens (tertiary/aromatic N) is 1. The van der Waals surface area contributed by atoms with Gasteiger partial charge in [0.15, 0.2) is 0 Å². The molecule has 1 fully saturated rings. The Labute approximate surface area is 115 Å². The summed E-state index contributed by atoms with van der Waals surface area (Å²) in [5.74, 6) is 0.0505. The monoisotopic (exact) mass is 261 g/mol. The number of carbonyl (C=O) groups excluding carboxylic acids is 1. The summed E-state index contributed by atoms with van der Waals surface area (Å²) in [4.78, 5) is 13.7. The molecule has 1 unspecified atom stereocenters. The third-order valence-electron chi connectivity index (χ3n) is 3.46. The molecule has 2 N–H and O–H groups in total. The van der Waals surface area contributed by atoms with E-state index in [1.807, 2.05) is 25.1 Å². The molecule has 1 aromatic rings. The van der Waals surface area contributed by atoms with Gasteiger partial charge in [0.1, 0.15) is 0 Å². The van der Waals surface area contributed by atoms with Crippen molar-refractivity contribution in [2.75, 3.05) is 30.8 Å². The number of anilines is 2. The molecule has 1 saturated heterocycles. The number of hydrogen-bond donors (Lipinski definition) is 2. The molecule has 0 aliphatic carbocycles. The molecule has 4 nitrogen and oxygen atoms in total. The second-order valence-corrected chi connectivity index (χ2v) is 5.23. The van der Waals surface area contributed by atoms with Crippen LogP contribution in [0.1, 0.15) is 26.2 Å². The van der Waals surface area contributed by atoms with Crippen LogP contribution in [-0.4, -0.2) is 37.0 Å². The van der Waals surface area contributed by atoms with Gasteiger partial charge in [-0.25, -0.2) is 0 Å². The van der Waals surface area contributed by atoms with E-state index in [4.69, 9.17) is 0 Å². The van der Waals surface area contributed by atoms with Crippen LogP contribution in [0.2, 0.25) is 0 Å². The fourth-order valence-corrected chi connectivity index (χ4v) is 2.46. The standard InChI is InChI=1S/C15H23N3O/c1-3-15(19)17-13-7-4-6-12(10-13)16-14-8-5-9-18(2)11-14/h4,6-7,10,14,16H,3,5,8-9,11H2,1-2H3,(H,17,19). The van der Waals surface area contributed by atoms with E-state index in [-0.39, 0.29) is 5.91 Å². The van der Waals surface area contributed by atoms with Crippen molar-refractivity contribution >= 4 is 17.3 Å². The zero-order valence-electron chi connectivity index (χ0n) is 11.8. The molecule has 0 radical (unpaired) electrons. The van der Waals surface area contributed by atoms with Crippen LogP contribution in [0.15, 0.2) is 24.3 Å². The van der Waals surface area contributed by atoms with Crippen LogP contribution in [0, 0.1) is 0 Å². The van der Waals surface area contributed by atoms with Crippen molar-refractivity contribution in [1.82, 2.24) is 4.90 Å². The van der Waals surface area contributed by atoms with Crippen LogP contribution < -0.4 is 10.6 Å². The van der Waals surface area contributed by atoms with E-state index in [0.717, 1.165) is 17.9 Å². The van der Waals surface area contributed by atoms with Crippen molar-refractivity contribution in [3.05, 3.63) is 24.3 Å². The smallest absolute Gasteiger partial charge is 0.224 e. The molecule has 104 valence electrons. The minimum absolute atomic E-state index is 0.0505. The van der Waals surface area contributed by atoms with Crippen molar-refractivity contribution in [2.45, 2.75) is 32.2 Å². The highest BCUT2D eigenvalue weighted by Crippen LogP contribution is 2.19. The molecule has 1 aliphatic heterocycles. The highest BCUT2D eigenvalue weighted by Gasteiger charge is 2.16. The Balaban J connectivity index is 1.96. The summed E-state index contributed by atoms with van der Waals surface area (Å²) in [7, 11) is 2.16. The molecule has 1 aromatic carbocycles. The first kappa shape index (κ1) is 13.9. The molecule has 1 heterocycles. The number of rotatable bonds is 4. The first-order valence-corrected chi connectivity index (χ1v) is 7.02. The van der Waals surface area contributed by atoms with E-state index in [1.165, 1.54) is 19.4 Å². The van der Waals surface area contributed by atoms with Crippen molar-refractivity contribution in [3.8, 4) is 0 Å². The van der Waals surface area contributed by atoms with Gasteiger partial charge in [-0.2, -0.15) is 0 Å². The van der Waals surface area contributed by atoms with Gasteiger partial charge in [0.2, 0.25) is 5.91 Å². The average Bonchev–Trinajstić information content (AvgIpc) is 2.39. The molecule has 1 atom stereocenters. The lowest BCUT2D eigenvalue weighted by Gasteiger charge is -2.31. The molecule has 0 saturated carbocycles. The van der Waals surface area contributed by atoms with Crippen LogP contribution >= 0.6 is 0 Å². The summed E-state index contributed by atoms with van der Waals surface area (Å²) < 4.78 is 0. The summed E-state index contributed by atoms with van der Waals surface area (Å²) in [5, 5.41) is 6.44. The van der Waals surface area contributed by atoms with E-state index in [0.29, 0.717) is 12.5 Å². The number of amides is 1. The molecular formula is C15H23N3O. The third kappa shape index (κ3) is 4.24. The second-order valence-electron chi connectivity index (χ2n) is 5.23. The van der Waals surface area contributed by atoms with Gasteiger partial charge in [-0.05, 0) is 44.6 Å². The van der Waals surface area contributed by atoms with Gasteiger partial charge < -0.3 is 15.5 Å². The Morgan fingerprint density at radius 2 is 2.21 bits per heavy atom. The van der Waals surface area contributed by atoms with Crippen LogP contribution in [0.4, 0.5) is 11.4 Å². The van der Waals surface area contributed by atoms with Crippen molar-refractivity contribution < 1.29 is 4.79 Å². The predicted molar refractivity (Wildman–Crippen MR) is 79.5 cm³/mol. The van der Waals surface area contributed by atoms with Gasteiger partial charge in [0.05, 0.1) is 0 Å². The van der Waals surface area contributed by atoms with Gasteiger partial charge in [-0.15, -0.1) is 0 Å². The maximum atomic E-state index is 11.4. The number of piperidine rings is 1. The summed E-state index contributed by atoms with van der Waals surface area (Å²) in [6.45, 7) is 4.12. The van der Waals surface area contributed by atoms with E-state index >= 15 is 0 Å². The Morgan fingerprint density at radius 1 is 1.42 bits per heavy atom. The van der Waals surface area contributed by atoms with Crippen molar-refractivity contribution in [1.29, 1.82) is 0 Å². The molecule has 0 bridgehead atoms. The summed E-state index contributed by atoms with van der Waals surface area (Å²) in [6, 6.07) is 8.44. The summed E-state index contributed by atoms with van der Waals surface area (Å²) in [6.07, 6.45) is 2.95. The van der Waals surface area contributed by atoms with Crippen LogP contribution in [-0.2, 0) is 4.79 Å². The Morgan fingerprint density at radius 3 is 2.95 bits per heavy atom. The van der Waals surface area contributed by atoms with E-state index in [1.54, 1.807) is 0 Å². The molecule has 1 amide bonds. The minimum Gasteiger partial charge on any atom is -0.381 e. The highest BCUT2D eigenvalue weighted by molar-refractivity contribution is 5.90. The fraction of sp³-hybridized carbons (Fsp3) is 0.533. The number of carbonyl (C=O) groups is 1. The zero-order chi connectivity index (χ0) is 13.7. The Kier molecular flexibility index (Phi) is 4.80. The van der Waals surface area contributed by atoms with Crippen LogP contribution in [0.3, 0.4) is 0 Å². The summed E-state index contributed by atoms with van der Waals surface area (Å²) in [5.41, 5.74) is 1.94.